The third kappa shape index (κ3) is 6.13. The van der Waals surface area contributed by atoms with Crippen molar-refractivity contribution in [3.63, 3.8) is 0 Å². The Bertz CT molecular complexity index is 1310. The number of hydrogen-bond donors (Lipinski definition) is 2. The minimum absolute atomic E-state index is 0.0688. The van der Waals surface area contributed by atoms with Crippen LogP contribution in [0.3, 0.4) is 0 Å². The van der Waals surface area contributed by atoms with E-state index in [4.69, 9.17) is 51.4 Å². The zero-order chi connectivity index (χ0) is 25.8. The van der Waals surface area contributed by atoms with Gasteiger partial charge in [0.25, 0.3) is 5.91 Å². The van der Waals surface area contributed by atoms with Crippen LogP contribution >= 0.6 is 47.0 Å². The maximum atomic E-state index is 12.6. The zero-order valence-corrected chi connectivity index (χ0v) is 22.4. The molecule has 2 N–H and O–H groups in total. The first-order valence-corrected chi connectivity index (χ1v) is 12.8. The lowest BCUT2D eigenvalue weighted by molar-refractivity contribution is -0.131. The number of carbonyl (C=O) groups excluding carboxylic acids is 2. The molecule has 0 atom stereocenters. The van der Waals surface area contributed by atoms with Crippen LogP contribution in [0.1, 0.15) is 23.9 Å². The molecule has 4 rings (SSSR count). The van der Waals surface area contributed by atoms with Crippen molar-refractivity contribution < 1.29 is 14.0 Å². The van der Waals surface area contributed by atoms with Gasteiger partial charge in [0, 0.05) is 48.9 Å². The molecular formula is C25H23Cl3N4O3S. The summed E-state index contributed by atoms with van der Waals surface area (Å²) < 4.78 is 5.66. The average molecular weight is 566 g/mol. The van der Waals surface area contributed by atoms with Crippen LogP contribution in [0.2, 0.25) is 15.1 Å². The summed E-state index contributed by atoms with van der Waals surface area (Å²) in [6, 6.07) is 13.6. The number of halogens is 3. The van der Waals surface area contributed by atoms with Gasteiger partial charge in [0.2, 0.25) is 5.91 Å². The number of nitrogens with one attached hydrogen (secondary N) is 2. The fourth-order valence-corrected chi connectivity index (χ4v) is 4.77. The highest BCUT2D eigenvalue weighted by atomic mass is 35.5. The van der Waals surface area contributed by atoms with Crippen LogP contribution in [0.4, 0.5) is 11.4 Å². The Kier molecular flexibility index (Phi) is 8.41. The molecule has 1 saturated heterocycles. The number of amides is 2. The summed E-state index contributed by atoms with van der Waals surface area (Å²) in [5.74, 6) is 0.127. The molecule has 7 nitrogen and oxygen atoms in total. The molecule has 188 valence electrons. The average Bonchev–Trinajstić information content (AvgIpc) is 3.35. The zero-order valence-electron chi connectivity index (χ0n) is 19.3. The number of hydrogen-bond acceptors (Lipinski definition) is 5. The largest absolute Gasteiger partial charge is 0.451 e. The number of nitrogens with zero attached hydrogens (tertiary/aromatic N) is 2. The summed E-state index contributed by atoms with van der Waals surface area (Å²) in [5.41, 5.74) is 2.08. The number of benzene rings is 2. The van der Waals surface area contributed by atoms with Gasteiger partial charge in [0.05, 0.1) is 15.7 Å². The molecule has 0 aliphatic carbocycles. The fourth-order valence-electron chi connectivity index (χ4n) is 3.88. The van der Waals surface area contributed by atoms with E-state index in [0.717, 1.165) is 5.69 Å². The van der Waals surface area contributed by atoms with E-state index in [1.807, 2.05) is 24.0 Å². The van der Waals surface area contributed by atoms with Crippen LogP contribution in [0.5, 0.6) is 0 Å². The van der Waals surface area contributed by atoms with Crippen molar-refractivity contribution in [2.45, 2.75) is 13.3 Å². The summed E-state index contributed by atoms with van der Waals surface area (Å²) in [5, 5.41) is 7.14. The van der Waals surface area contributed by atoms with Gasteiger partial charge in [-0.25, -0.2) is 0 Å². The summed E-state index contributed by atoms with van der Waals surface area (Å²) in [6.07, 6.45) is 0.509. The van der Waals surface area contributed by atoms with Gasteiger partial charge in [-0.2, -0.15) is 0 Å². The van der Waals surface area contributed by atoms with Gasteiger partial charge in [0.15, 0.2) is 10.9 Å². The number of piperazine rings is 1. The van der Waals surface area contributed by atoms with Crippen molar-refractivity contribution in [3.8, 4) is 11.3 Å². The molecule has 2 aromatic carbocycles. The fraction of sp³-hybridized carbons (Fsp3) is 0.240. The van der Waals surface area contributed by atoms with Gasteiger partial charge < -0.3 is 19.5 Å². The normalized spacial score (nSPS) is 13.4. The summed E-state index contributed by atoms with van der Waals surface area (Å²) in [6.45, 7) is 4.61. The van der Waals surface area contributed by atoms with E-state index in [-0.39, 0.29) is 16.8 Å². The lowest BCUT2D eigenvalue weighted by Crippen LogP contribution is -2.48. The van der Waals surface area contributed by atoms with Crippen LogP contribution in [0.25, 0.3) is 11.3 Å². The van der Waals surface area contributed by atoms with Crippen LogP contribution in [-0.4, -0.2) is 48.0 Å². The van der Waals surface area contributed by atoms with E-state index in [0.29, 0.717) is 64.7 Å². The van der Waals surface area contributed by atoms with E-state index in [9.17, 15) is 9.59 Å². The van der Waals surface area contributed by atoms with Crippen LogP contribution in [0.15, 0.2) is 52.9 Å². The maximum absolute atomic E-state index is 12.6. The Labute approximate surface area is 229 Å². The van der Waals surface area contributed by atoms with E-state index in [1.54, 1.807) is 30.3 Å². The van der Waals surface area contributed by atoms with Gasteiger partial charge in [-0.15, -0.1) is 0 Å². The molecule has 0 radical (unpaired) electrons. The van der Waals surface area contributed by atoms with Crippen LogP contribution < -0.4 is 15.5 Å². The molecule has 1 aliphatic heterocycles. The second kappa shape index (κ2) is 11.5. The monoisotopic (exact) mass is 564 g/mol. The number of furan rings is 1. The molecular weight excluding hydrogens is 543 g/mol. The second-order valence-electron chi connectivity index (χ2n) is 8.08. The van der Waals surface area contributed by atoms with Crippen molar-refractivity contribution >= 4 is 75.3 Å². The SMILES string of the molecule is CCC(=O)N1CCN(c2ccc(NC(=S)NC(=O)c3ccc(-c4cc(Cl)ccc4Cl)o3)cc2Cl)CC1. The summed E-state index contributed by atoms with van der Waals surface area (Å²) in [4.78, 5) is 28.5. The molecule has 0 bridgehead atoms. The van der Waals surface area contributed by atoms with E-state index in [2.05, 4.69) is 15.5 Å². The minimum Gasteiger partial charge on any atom is -0.451 e. The van der Waals surface area contributed by atoms with Crippen molar-refractivity contribution in [1.29, 1.82) is 0 Å². The maximum Gasteiger partial charge on any atom is 0.293 e. The van der Waals surface area contributed by atoms with Crippen molar-refractivity contribution in [3.05, 3.63) is 69.4 Å². The predicted octanol–water partition coefficient (Wildman–Crippen LogP) is 6.09. The molecule has 1 aliphatic rings. The number of anilines is 2. The Balaban J connectivity index is 1.35. The molecule has 2 heterocycles. The molecule has 11 heteroatoms. The van der Waals surface area contributed by atoms with E-state index in [1.165, 1.54) is 6.07 Å². The molecule has 36 heavy (non-hydrogen) atoms. The van der Waals surface area contributed by atoms with Crippen LogP contribution in [-0.2, 0) is 4.79 Å². The van der Waals surface area contributed by atoms with Crippen molar-refractivity contribution in [1.82, 2.24) is 10.2 Å². The van der Waals surface area contributed by atoms with E-state index >= 15 is 0 Å². The Morgan fingerprint density at radius 1 is 0.972 bits per heavy atom. The third-order valence-corrected chi connectivity index (χ3v) is 6.80. The smallest absolute Gasteiger partial charge is 0.293 e. The first kappa shape index (κ1) is 26.3. The first-order chi connectivity index (χ1) is 17.2. The summed E-state index contributed by atoms with van der Waals surface area (Å²) >= 11 is 24.1. The Morgan fingerprint density at radius 2 is 1.72 bits per heavy atom. The second-order valence-corrected chi connectivity index (χ2v) is 9.74. The number of thiocarbonyl (C=S) groups is 1. The highest BCUT2D eigenvalue weighted by Gasteiger charge is 2.22. The van der Waals surface area contributed by atoms with E-state index < -0.39 is 5.91 Å². The molecule has 2 amide bonds. The Hall–Kier alpha value is -2.78. The van der Waals surface area contributed by atoms with Gasteiger partial charge in [0.1, 0.15) is 5.76 Å². The van der Waals surface area contributed by atoms with Crippen molar-refractivity contribution in [2.24, 2.45) is 0 Å². The lowest BCUT2D eigenvalue weighted by atomic mass is 10.2. The molecule has 0 unspecified atom stereocenters. The lowest BCUT2D eigenvalue weighted by Gasteiger charge is -2.36. The highest BCUT2D eigenvalue weighted by molar-refractivity contribution is 7.80. The Morgan fingerprint density at radius 3 is 2.42 bits per heavy atom. The third-order valence-electron chi connectivity index (χ3n) is 5.73. The standard InChI is InChI=1S/C25H23Cl3N4O3S/c1-2-23(33)32-11-9-31(10-12-32)20-6-4-16(14-19(20)28)29-25(36)30-24(34)22-8-7-21(35-22)17-13-15(26)3-5-18(17)27/h3-8,13-14H,2,9-12H2,1H3,(H2,29,30,34,36). The first-order valence-electron chi connectivity index (χ1n) is 11.2. The molecule has 0 saturated carbocycles. The summed E-state index contributed by atoms with van der Waals surface area (Å²) in [7, 11) is 0. The van der Waals surface area contributed by atoms with Gasteiger partial charge in [-0.3, -0.25) is 14.9 Å². The minimum atomic E-state index is -0.515. The van der Waals surface area contributed by atoms with Gasteiger partial charge in [-0.05, 0) is 60.7 Å². The quantitative estimate of drug-likeness (QED) is 0.365. The topological polar surface area (TPSA) is 77.8 Å². The van der Waals surface area contributed by atoms with Crippen LogP contribution in [0, 0.1) is 0 Å². The highest BCUT2D eigenvalue weighted by Crippen LogP contribution is 2.32. The van der Waals surface area contributed by atoms with Gasteiger partial charge >= 0.3 is 0 Å². The molecule has 1 fully saturated rings. The van der Waals surface area contributed by atoms with Crippen molar-refractivity contribution in [2.75, 3.05) is 36.4 Å². The molecule has 0 spiro atoms. The molecule has 3 aromatic rings. The number of rotatable bonds is 5. The van der Waals surface area contributed by atoms with Gasteiger partial charge in [-0.1, -0.05) is 41.7 Å². The predicted molar refractivity (Wildman–Crippen MR) is 148 cm³/mol. The number of carbonyl (C=O) groups is 2. The molecule has 1 aromatic heterocycles.